The van der Waals surface area contributed by atoms with Crippen LogP contribution in [0, 0.1) is 0 Å². The molecule has 0 fully saturated rings. The summed E-state index contributed by atoms with van der Waals surface area (Å²) in [6.07, 6.45) is 1.72. The lowest BCUT2D eigenvalue weighted by Crippen LogP contribution is -2.42. The van der Waals surface area contributed by atoms with Gasteiger partial charge in [0.25, 0.3) is 0 Å². The largest absolute Gasteiger partial charge is 0.493 e. The molecule has 0 aliphatic carbocycles. The molecule has 1 amide bonds. The van der Waals surface area contributed by atoms with Gasteiger partial charge < -0.3 is 23.8 Å². The molecule has 172 valence electrons. The molecule has 1 aliphatic rings. The van der Waals surface area contributed by atoms with Gasteiger partial charge in [0.2, 0.25) is 5.91 Å². The Hall–Kier alpha value is -2.93. The highest BCUT2D eigenvalue weighted by molar-refractivity contribution is 6.17. The lowest BCUT2D eigenvalue weighted by molar-refractivity contribution is -0.134. The molecule has 1 aliphatic heterocycles. The number of amides is 1. The van der Waals surface area contributed by atoms with Crippen LogP contribution in [-0.2, 0) is 16.0 Å². The average molecular weight is 462 g/mol. The highest BCUT2D eigenvalue weighted by Crippen LogP contribution is 2.38. The van der Waals surface area contributed by atoms with Gasteiger partial charge in [0.15, 0.2) is 11.5 Å². The van der Waals surface area contributed by atoms with Crippen molar-refractivity contribution in [2.75, 3.05) is 40.4 Å². The van der Waals surface area contributed by atoms with Crippen molar-refractivity contribution < 1.29 is 28.5 Å². The molecule has 2 aromatic carbocycles. The number of hydrogen-bond acceptors (Lipinski definition) is 6. The minimum absolute atomic E-state index is 0.0423. The number of ether oxygens (including phenoxy) is 4. The van der Waals surface area contributed by atoms with Crippen LogP contribution in [-0.4, -0.2) is 57.1 Å². The lowest BCUT2D eigenvalue weighted by Gasteiger charge is -2.37. The van der Waals surface area contributed by atoms with Gasteiger partial charge in [-0.05, 0) is 60.4 Å². The summed E-state index contributed by atoms with van der Waals surface area (Å²) in [6, 6.07) is 10.3. The fourth-order valence-electron chi connectivity index (χ4n) is 3.85. The average Bonchev–Trinajstić information content (AvgIpc) is 2.84. The molecular formula is C24H28ClNO6. The molecule has 1 heterocycles. The van der Waals surface area contributed by atoms with Crippen molar-refractivity contribution in [3.8, 4) is 17.2 Å². The molecule has 0 saturated carbocycles. The summed E-state index contributed by atoms with van der Waals surface area (Å²) in [5.74, 6) is 1.93. The van der Waals surface area contributed by atoms with Crippen LogP contribution in [0.3, 0.4) is 0 Å². The third-order valence-electron chi connectivity index (χ3n) is 5.53. The second-order valence-electron chi connectivity index (χ2n) is 7.38. The maximum atomic E-state index is 12.9. The number of nitrogens with zero attached hydrogens (tertiary/aromatic N) is 1. The van der Waals surface area contributed by atoms with Gasteiger partial charge in [0, 0.05) is 18.8 Å². The van der Waals surface area contributed by atoms with Crippen LogP contribution in [0.4, 0.5) is 0 Å². The van der Waals surface area contributed by atoms with Gasteiger partial charge >= 0.3 is 5.97 Å². The van der Waals surface area contributed by atoms with Gasteiger partial charge in [-0.2, -0.15) is 0 Å². The number of carbonyl (C=O) groups is 2. The molecule has 8 heteroatoms. The Morgan fingerprint density at radius 1 is 1.06 bits per heavy atom. The van der Waals surface area contributed by atoms with Crippen LogP contribution in [0.2, 0.25) is 0 Å². The Bertz CT molecular complexity index is 946. The third-order valence-corrected chi connectivity index (χ3v) is 5.80. The monoisotopic (exact) mass is 461 g/mol. The standard InChI is InChI=1S/C24H28ClNO6/c1-29-21-13-17-10-12-26(23(27)5-4-11-25)20(19(17)14-22(21)30-2)15-32-18-8-6-16(7-9-18)24(28)31-3/h6-9,13-14,20H,4-5,10-12,15H2,1-3H3/t20-/m1/s1. The number of rotatable bonds is 9. The summed E-state index contributed by atoms with van der Waals surface area (Å²) in [7, 11) is 4.53. The van der Waals surface area contributed by atoms with E-state index in [4.69, 9.17) is 30.5 Å². The van der Waals surface area contributed by atoms with E-state index in [0.29, 0.717) is 54.5 Å². The number of fused-ring (bicyclic) bond motifs is 1. The van der Waals surface area contributed by atoms with Gasteiger partial charge in [0.1, 0.15) is 12.4 Å². The Morgan fingerprint density at radius 2 is 1.75 bits per heavy atom. The molecule has 0 N–H and O–H groups in total. The number of methoxy groups -OCH3 is 3. The molecule has 0 aromatic heterocycles. The van der Waals surface area contributed by atoms with Crippen LogP contribution in [0.1, 0.15) is 40.4 Å². The van der Waals surface area contributed by atoms with E-state index in [1.807, 2.05) is 17.0 Å². The summed E-state index contributed by atoms with van der Waals surface area (Å²) >= 11 is 5.80. The zero-order valence-corrected chi connectivity index (χ0v) is 19.3. The topological polar surface area (TPSA) is 74.3 Å². The van der Waals surface area contributed by atoms with E-state index in [-0.39, 0.29) is 18.6 Å². The van der Waals surface area contributed by atoms with Crippen molar-refractivity contribution in [3.05, 3.63) is 53.1 Å². The number of esters is 1. The predicted octanol–water partition coefficient (Wildman–Crippen LogP) is 4.01. The molecule has 32 heavy (non-hydrogen) atoms. The predicted molar refractivity (Wildman–Crippen MR) is 121 cm³/mol. The maximum Gasteiger partial charge on any atom is 0.337 e. The second kappa shape index (κ2) is 11.1. The van der Waals surface area contributed by atoms with Gasteiger partial charge in [-0.25, -0.2) is 4.79 Å². The Balaban J connectivity index is 1.87. The lowest BCUT2D eigenvalue weighted by atomic mass is 9.91. The summed E-state index contributed by atoms with van der Waals surface area (Å²) in [5.41, 5.74) is 2.51. The van der Waals surface area contributed by atoms with E-state index >= 15 is 0 Å². The van der Waals surface area contributed by atoms with Crippen molar-refractivity contribution >= 4 is 23.5 Å². The number of carbonyl (C=O) groups excluding carboxylic acids is 2. The van der Waals surface area contributed by atoms with E-state index in [1.54, 1.807) is 38.5 Å². The van der Waals surface area contributed by atoms with Crippen molar-refractivity contribution in [2.45, 2.75) is 25.3 Å². The van der Waals surface area contributed by atoms with E-state index in [1.165, 1.54) is 7.11 Å². The number of hydrogen-bond donors (Lipinski definition) is 0. The molecule has 0 spiro atoms. The van der Waals surface area contributed by atoms with E-state index in [2.05, 4.69) is 0 Å². The van der Waals surface area contributed by atoms with Crippen molar-refractivity contribution in [2.24, 2.45) is 0 Å². The quantitative estimate of drug-likeness (QED) is 0.415. The van der Waals surface area contributed by atoms with Crippen molar-refractivity contribution in [1.29, 1.82) is 0 Å². The maximum absolute atomic E-state index is 12.9. The number of alkyl halides is 1. The minimum Gasteiger partial charge on any atom is -0.493 e. The van der Waals surface area contributed by atoms with Gasteiger partial charge in [0.05, 0.1) is 32.9 Å². The zero-order valence-electron chi connectivity index (χ0n) is 18.6. The van der Waals surface area contributed by atoms with Crippen LogP contribution >= 0.6 is 11.6 Å². The molecule has 0 unspecified atom stereocenters. The Labute approximate surface area is 193 Å². The highest BCUT2D eigenvalue weighted by atomic mass is 35.5. The minimum atomic E-state index is -0.408. The van der Waals surface area contributed by atoms with E-state index < -0.39 is 5.97 Å². The Morgan fingerprint density at radius 3 is 2.38 bits per heavy atom. The number of benzene rings is 2. The van der Waals surface area contributed by atoms with Gasteiger partial charge in [-0.3, -0.25) is 4.79 Å². The number of halogens is 1. The highest BCUT2D eigenvalue weighted by Gasteiger charge is 2.32. The molecule has 0 bridgehead atoms. The van der Waals surface area contributed by atoms with Crippen LogP contribution in [0.25, 0.3) is 0 Å². The summed E-state index contributed by atoms with van der Waals surface area (Å²) in [6.45, 7) is 0.839. The zero-order chi connectivity index (χ0) is 23.1. The second-order valence-corrected chi connectivity index (χ2v) is 7.76. The first-order chi connectivity index (χ1) is 15.5. The van der Waals surface area contributed by atoms with Crippen LogP contribution in [0.5, 0.6) is 17.2 Å². The molecule has 3 rings (SSSR count). The third kappa shape index (κ3) is 5.27. The van der Waals surface area contributed by atoms with Crippen LogP contribution < -0.4 is 14.2 Å². The Kier molecular flexibility index (Phi) is 8.22. The van der Waals surface area contributed by atoms with Gasteiger partial charge in [-0.15, -0.1) is 11.6 Å². The normalized spacial score (nSPS) is 15.0. The molecule has 2 aromatic rings. The SMILES string of the molecule is COC(=O)c1ccc(OC[C@@H]2c3cc(OC)c(OC)cc3CCN2C(=O)CCCCl)cc1. The fourth-order valence-corrected chi connectivity index (χ4v) is 3.98. The first-order valence-electron chi connectivity index (χ1n) is 10.4. The van der Waals surface area contributed by atoms with Gasteiger partial charge in [-0.1, -0.05) is 0 Å². The van der Waals surface area contributed by atoms with Crippen LogP contribution in [0.15, 0.2) is 36.4 Å². The summed E-state index contributed by atoms with van der Waals surface area (Å²) < 4.78 is 21.7. The summed E-state index contributed by atoms with van der Waals surface area (Å²) in [4.78, 5) is 26.4. The fraction of sp³-hybridized carbons (Fsp3) is 0.417. The first kappa shape index (κ1) is 23.7. The smallest absolute Gasteiger partial charge is 0.337 e. The summed E-state index contributed by atoms with van der Waals surface area (Å²) in [5, 5.41) is 0. The van der Waals surface area contributed by atoms with E-state index in [0.717, 1.165) is 11.1 Å². The van der Waals surface area contributed by atoms with Crippen molar-refractivity contribution in [3.63, 3.8) is 0 Å². The first-order valence-corrected chi connectivity index (χ1v) is 11.0. The molecule has 1 atom stereocenters. The molecule has 0 radical (unpaired) electrons. The van der Waals surface area contributed by atoms with Crippen molar-refractivity contribution in [1.82, 2.24) is 4.90 Å². The molecule has 0 saturated heterocycles. The van der Waals surface area contributed by atoms with E-state index in [9.17, 15) is 9.59 Å². The molecular weight excluding hydrogens is 434 g/mol. The molecule has 7 nitrogen and oxygen atoms in total.